The maximum Gasteiger partial charge on any atom is 0.263 e. The number of para-hydroxylation sites is 1. The van der Waals surface area contributed by atoms with E-state index in [4.69, 9.17) is 0 Å². The molecule has 0 aliphatic rings. The van der Waals surface area contributed by atoms with Crippen LogP contribution in [0.25, 0.3) is 28.1 Å². The van der Waals surface area contributed by atoms with Crippen LogP contribution in [0.5, 0.6) is 0 Å². The summed E-state index contributed by atoms with van der Waals surface area (Å²) in [7, 11) is -3.72. The van der Waals surface area contributed by atoms with Crippen LogP contribution < -0.4 is 5.56 Å². The van der Waals surface area contributed by atoms with E-state index in [2.05, 4.69) is 31.0 Å². The topological polar surface area (TPSA) is 97.7 Å². The average molecular weight is 445 g/mol. The van der Waals surface area contributed by atoms with Gasteiger partial charge >= 0.3 is 0 Å². The van der Waals surface area contributed by atoms with Gasteiger partial charge in [-0.05, 0) is 24.3 Å². The first-order valence-electron chi connectivity index (χ1n) is 7.89. The highest BCUT2D eigenvalue weighted by Crippen LogP contribution is 2.24. The molecule has 2 aromatic heterocycles. The number of nitrogens with one attached hydrogen (secondary N) is 1. The molecular weight excluding hydrogens is 432 g/mol. The van der Waals surface area contributed by atoms with Crippen LogP contribution in [0.4, 0.5) is 0 Å². The SMILES string of the molecule is CS(=O)(=O)c1nn(-c2ccccc2)c2nc(-c3cccc(Br)c3)[nH]c(=O)c12. The summed E-state index contributed by atoms with van der Waals surface area (Å²) in [6.45, 7) is 0. The molecule has 0 saturated heterocycles. The van der Waals surface area contributed by atoms with Crippen molar-refractivity contribution in [2.75, 3.05) is 6.26 Å². The number of H-pyrrole nitrogens is 1. The molecule has 7 nitrogen and oxygen atoms in total. The molecule has 9 heteroatoms. The van der Waals surface area contributed by atoms with Crippen molar-refractivity contribution in [3.05, 3.63) is 69.4 Å². The summed E-state index contributed by atoms with van der Waals surface area (Å²) in [5, 5.41) is 3.83. The first kappa shape index (κ1) is 17.6. The van der Waals surface area contributed by atoms with Crippen molar-refractivity contribution >= 4 is 36.8 Å². The minimum atomic E-state index is -3.72. The summed E-state index contributed by atoms with van der Waals surface area (Å²) in [4.78, 5) is 19.9. The molecule has 0 fully saturated rings. The van der Waals surface area contributed by atoms with Crippen LogP contribution in [0.15, 0.2) is 68.9 Å². The van der Waals surface area contributed by atoms with Gasteiger partial charge in [0.25, 0.3) is 5.56 Å². The van der Waals surface area contributed by atoms with E-state index >= 15 is 0 Å². The highest BCUT2D eigenvalue weighted by Gasteiger charge is 2.24. The Bertz CT molecular complexity index is 1330. The molecule has 27 heavy (non-hydrogen) atoms. The summed E-state index contributed by atoms with van der Waals surface area (Å²) in [5.74, 6) is 0.325. The van der Waals surface area contributed by atoms with E-state index in [1.165, 1.54) is 4.68 Å². The Morgan fingerprint density at radius 1 is 1.07 bits per heavy atom. The van der Waals surface area contributed by atoms with Gasteiger partial charge in [0, 0.05) is 16.3 Å². The van der Waals surface area contributed by atoms with Gasteiger partial charge in [-0.15, -0.1) is 0 Å². The van der Waals surface area contributed by atoms with Gasteiger partial charge in [-0.1, -0.05) is 46.3 Å². The number of sulfone groups is 1. The van der Waals surface area contributed by atoms with Crippen molar-refractivity contribution in [1.29, 1.82) is 0 Å². The largest absolute Gasteiger partial charge is 0.306 e. The molecule has 1 N–H and O–H groups in total. The Morgan fingerprint density at radius 3 is 2.48 bits per heavy atom. The zero-order valence-electron chi connectivity index (χ0n) is 14.0. The molecule has 0 spiro atoms. The highest BCUT2D eigenvalue weighted by molar-refractivity contribution is 9.10. The minimum absolute atomic E-state index is 0.0555. The smallest absolute Gasteiger partial charge is 0.263 e. The molecule has 2 aromatic carbocycles. The molecule has 0 unspecified atom stereocenters. The van der Waals surface area contributed by atoms with Gasteiger partial charge in [0.15, 0.2) is 20.5 Å². The summed E-state index contributed by atoms with van der Waals surface area (Å²) < 4.78 is 26.6. The van der Waals surface area contributed by atoms with E-state index < -0.39 is 15.4 Å². The number of benzene rings is 2. The second-order valence-electron chi connectivity index (χ2n) is 5.95. The molecule has 0 aliphatic carbocycles. The third kappa shape index (κ3) is 3.19. The lowest BCUT2D eigenvalue weighted by atomic mass is 10.2. The number of halogens is 1. The summed E-state index contributed by atoms with van der Waals surface area (Å²) in [6.07, 6.45) is 1.02. The number of hydrogen-bond acceptors (Lipinski definition) is 5. The Balaban J connectivity index is 2.10. The normalized spacial score (nSPS) is 11.8. The zero-order chi connectivity index (χ0) is 19.2. The van der Waals surface area contributed by atoms with Crippen LogP contribution in [0.2, 0.25) is 0 Å². The van der Waals surface area contributed by atoms with E-state index in [0.29, 0.717) is 17.1 Å². The van der Waals surface area contributed by atoms with Crippen LogP contribution in [0.1, 0.15) is 0 Å². The molecule has 0 atom stereocenters. The Kier molecular flexibility index (Phi) is 4.20. The van der Waals surface area contributed by atoms with Crippen molar-refractivity contribution in [3.63, 3.8) is 0 Å². The summed E-state index contributed by atoms with van der Waals surface area (Å²) >= 11 is 3.39. The molecular formula is C18H13BrN4O3S. The van der Waals surface area contributed by atoms with Crippen molar-refractivity contribution in [2.45, 2.75) is 5.03 Å². The van der Waals surface area contributed by atoms with Crippen LogP contribution in [-0.4, -0.2) is 34.4 Å². The zero-order valence-corrected chi connectivity index (χ0v) is 16.5. The molecule has 4 aromatic rings. The third-order valence-electron chi connectivity index (χ3n) is 3.96. The van der Waals surface area contributed by atoms with Gasteiger partial charge in [0.2, 0.25) is 0 Å². The quantitative estimate of drug-likeness (QED) is 0.523. The maximum absolute atomic E-state index is 12.7. The Labute approximate surface area is 162 Å². The molecule has 2 heterocycles. The average Bonchev–Trinajstić information content (AvgIpc) is 3.03. The lowest BCUT2D eigenvalue weighted by Crippen LogP contribution is -2.12. The molecule has 0 aliphatic heterocycles. The van der Waals surface area contributed by atoms with Gasteiger partial charge in [-0.3, -0.25) is 4.79 Å². The fourth-order valence-electron chi connectivity index (χ4n) is 2.78. The Hall–Kier alpha value is -2.78. The van der Waals surface area contributed by atoms with E-state index in [0.717, 1.165) is 10.7 Å². The summed E-state index contributed by atoms with van der Waals surface area (Å²) in [5.41, 5.74) is 0.915. The molecule has 0 bridgehead atoms. The predicted molar refractivity (Wildman–Crippen MR) is 106 cm³/mol. The highest BCUT2D eigenvalue weighted by atomic mass is 79.9. The number of nitrogens with zero attached hydrogens (tertiary/aromatic N) is 3. The molecule has 136 valence electrons. The lowest BCUT2D eigenvalue weighted by molar-refractivity contribution is 0.597. The van der Waals surface area contributed by atoms with Gasteiger partial charge in [0.1, 0.15) is 11.2 Å². The summed E-state index contributed by atoms with van der Waals surface area (Å²) in [6, 6.07) is 16.2. The fraction of sp³-hybridized carbons (Fsp3) is 0.0556. The van der Waals surface area contributed by atoms with Crippen LogP contribution in [-0.2, 0) is 9.84 Å². The van der Waals surface area contributed by atoms with Crippen molar-refractivity contribution in [3.8, 4) is 17.1 Å². The number of fused-ring (bicyclic) bond motifs is 1. The second kappa shape index (κ2) is 6.43. The monoisotopic (exact) mass is 444 g/mol. The molecule has 4 rings (SSSR count). The Morgan fingerprint density at radius 2 is 1.81 bits per heavy atom. The molecule has 0 saturated carbocycles. The van der Waals surface area contributed by atoms with Gasteiger partial charge in [-0.25, -0.2) is 18.1 Å². The minimum Gasteiger partial charge on any atom is -0.306 e. The van der Waals surface area contributed by atoms with Gasteiger partial charge in [-0.2, -0.15) is 5.10 Å². The van der Waals surface area contributed by atoms with Crippen LogP contribution in [0, 0.1) is 0 Å². The number of aromatic nitrogens is 4. The first-order chi connectivity index (χ1) is 12.8. The molecule has 0 amide bonds. The van der Waals surface area contributed by atoms with E-state index in [1.54, 1.807) is 30.3 Å². The van der Waals surface area contributed by atoms with Crippen LogP contribution >= 0.6 is 15.9 Å². The maximum atomic E-state index is 12.7. The number of rotatable bonds is 3. The van der Waals surface area contributed by atoms with Gasteiger partial charge in [0.05, 0.1) is 5.69 Å². The number of aromatic amines is 1. The van der Waals surface area contributed by atoms with E-state index in [-0.39, 0.29) is 16.1 Å². The van der Waals surface area contributed by atoms with E-state index in [1.807, 2.05) is 24.3 Å². The van der Waals surface area contributed by atoms with E-state index in [9.17, 15) is 13.2 Å². The van der Waals surface area contributed by atoms with Crippen molar-refractivity contribution in [2.24, 2.45) is 0 Å². The lowest BCUT2D eigenvalue weighted by Gasteiger charge is -2.05. The standard InChI is InChI=1S/C18H13BrN4O3S/c1-27(25,26)18-14-16(23(22-18)13-8-3-2-4-9-13)20-15(21-17(14)24)11-6-5-7-12(19)10-11/h2-10H,1H3,(H,20,21,24). The van der Waals surface area contributed by atoms with Crippen LogP contribution in [0.3, 0.4) is 0 Å². The second-order valence-corrected chi connectivity index (χ2v) is 8.79. The number of hydrogen-bond donors (Lipinski definition) is 1. The van der Waals surface area contributed by atoms with Crippen molar-refractivity contribution in [1.82, 2.24) is 19.7 Å². The molecule has 0 radical (unpaired) electrons. The fourth-order valence-corrected chi connectivity index (χ4v) is 3.96. The van der Waals surface area contributed by atoms with Gasteiger partial charge < -0.3 is 4.98 Å². The third-order valence-corrected chi connectivity index (χ3v) is 5.44. The predicted octanol–water partition coefficient (Wildman–Crippen LogP) is 2.94. The van der Waals surface area contributed by atoms with Crippen molar-refractivity contribution < 1.29 is 8.42 Å². The first-order valence-corrected chi connectivity index (χ1v) is 10.6.